The molecule has 0 radical (unpaired) electrons. The van der Waals surface area contributed by atoms with E-state index < -0.39 is 12.1 Å². The van der Waals surface area contributed by atoms with Crippen molar-refractivity contribution >= 4 is 5.78 Å². The van der Waals surface area contributed by atoms with Crippen molar-refractivity contribution in [1.29, 1.82) is 0 Å². The van der Waals surface area contributed by atoms with Gasteiger partial charge in [-0.15, -0.1) is 0 Å². The second-order valence-corrected chi connectivity index (χ2v) is 4.21. The first-order chi connectivity index (χ1) is 9.70. The van der Waals surface area contributed by atoms with Gasteiger partial charge in [0, 0.05) is 5.56 Å². The topological polar surface area (TPSA) is 35.5 Å². The number of methoxy groups -OCH3 is 1. The van der Waals surface area contributed by atoms with Crippen LogP contribution < -0.4 is 4.74 Å². The largest absolute Gasteiger partial charge is 0.497 e. The fourth-order valence-corrected chi connectivity index (χ4v) is 1.71. The molecule has 0 fully saturated rings. The summed E-state index contributed by atoms with van der Waals surface area (Å²) >= 11 is 0. The highest BCUT2D eigenvalue weighted by atomic mass is 19.1. The summed E-state index contributed by atoms with van der Waals surface area (Å²) in [6.45, 7) is 0.0594. The van der Waals surface area contributed by atoms with Crippen LogP contribution in [0.15, 0.2) is 54.6 Å². The minimum atomic E-state index is -1.97. The third-order valence-electron chi connectivity index (χ3n) is 2.82. The molecule has 0 heterocycles. The summed E-state index contributed by atoms with van der Waals surface area (Å²) in [7, 11) is 1.53. The minimum Gasteiger partial charge on any atom is -0.497 e. The molecular weight excluding hydrogens is 259 g/mol. The Kier molecular flexibility index (Phi) is 4.85. The average molecular weight is 274 g/mol. The van der Waals surface area contributed by atoms with E-state index in [0.29, 0.717) is 5.75 Å². The summed E-state index contributed by atoms with van der Waals surface area (Å²) < 4.78 is 23.7. The Morgan fingerprint density at radius 1 is 1.10 bits per heavy atom. The predicted molar refractivity (Wildman–Crippen MR) is 73.5 cm³/mol. The van der Waals surface area contributed by atoms with Gasteiger partial charge in [-0.25, -0.2) is 4.39 Å². The Bertz CT molecular complexity index is 552. The van der Waals surface area contributed by atoms with Gasteiger partial charge in [0.15, 0.2) is 0 Å². The molecule has 0 amide bonds. The van der Waals surface area contributed by atoms with Crippen molar-refractivity contribution in [3.63, 3.8) is 0 Å². The lowest BCUT2D eigenvalue weighted by atomic mass is 10.1. The lowest BCUT2D eigenvalue weighted by Gasteiger charge is -2.09. The van der Waals surface area contributed by atoms with Gasteiger partial charge < -0.3 is 9.47 Å². The van der Waals surface area contributed by atoms with Gasteiger partial charge in [-0.2, -0.15) is 0 Å². The molecule has 2 aromatic carbocycles. The molecule has 0 N–H and O–H groups in total. The molecule has 2 rings (SSSR count). The number of benzene rings is 2. The molecule has 0 aliphatic rings. The maximum atomic E-state index is 13.7. The van der Waals surface area contributed by atoms with Crippen LogP contribution in [0.5, 0.6) is 5.75 Å². The van der Waals surface area contributed by atoms with Gasteiger partial charge in [-0.1, -0.05) is 30.3 Å². The first kappa shape index (κ1) is 14.2. The van der Waals surface area contributed by atoms with Crippen molar-refractivity contribution in [3.8, 4) is 5.75 Å². The van der Waals surface area contributed by atoms with Crippen LogP contribution in [-0.2, 0) is 11.3 Å². The predicted octanol–water partition coefficient (Wildman–Crippen LogP) is 3.39. The Labute approximate surface area is 117 Å². The summed E-state index contributed by atoms with van der Waals surface area (Å²) in [5.41, 5.74) is 1.07. The summed E-state index contributed by atoms with van der Waals surface area (Å²) in [6, 6.07) is 15.4. The average Bonchev–Trinajstić information content (AvgIpc) is 2.53. The number of carbonyl (C=O) groups is 1. The number of ketones is 1. The third-order valence-corrected chi connectivity index (χ3v) is 2.82. The normalized spacial score (nSPS) is 11.9. The molecule has 20 heavy (non-hydrogen) atoms. The molecule has 104 valence electrons. The number of rotatable bonds is 6. The maximum Gasteiger partial charge on any atom is 0.263 e. The SMILES string of the molecule is COc1ccc(C(=O)C(F)OCc2ccccc2)cc1. The van der Waals surface area contributed by atoms with Crippen LogP contribution >= 0.6 is 0 Å². The van der Waals surface area contributed by atoms with Crippen molar-refractivity contribution in [2.45, 2.75) is 13.0 Å². The molecule has 0 aromatic heterocycles. The summed E-state index contributed by atoms with van der Waals surface area (Å²) in [4.78, 5) is 11.8. The van der Waals surface area contributed by atoms with Crippen molar-refractivity contribution in [1.82, 2.24) is 0 Å². The van der Waals surface area contributed by atoms with Gasteiger partial charge in [-0.3, -0.25) is 4.79 Å². The Morgan fingerprint density at radius 2 is 1.75 bits per heavy atom. The van der Waals surface area contributed by atoms with Crippen LogP contribution in [0.25, 0.3) is 0 Å². The summed E-state index contributed by atoms with van der Waals surface area (Å²) in [5, 5.41) is 0. The van der Waals surface area contributed by atoms with Crippen molar-refractivity contribution < 1.29 is 18.7 Å². The van der Waals surface area contributed by atoms with Gasteiger partial charge in [0.05, 0.1) is 13.7 Å². The number of hydrogen-bond donors (Lipinski definition) is 0. The maximum absolute atomic E-state index is 13.7. The molecule has 1 atom stereocenters. The fraction of sp³-hybridized carbons (Fsp3) is 0.188. The zero-order valence-corrected chi connectivity index (χ0v) is 11.1. The fourth-order valence-electron chi connectivity index (χ4n) is 1.71. The highest BCUT2D eigenvalue weighted by Gasteiger charge is 2.19. The van der Waals surface area contributed by atoms with Crippen LogP contribution in [0.4, 0.5) is 4.39 Å². The van der Waals surface area contributed by atoms with Crippen molar-refractivity contribution in [3.05, 3.63) is 65.7 Å². The van der Waals surface area contributed by atoms with Crippen LogP contribution in [-0.4, -0.2) is 19.3 Å². The zero-order valence-electron chi connectivity index (χ0n) is 11.1. The van der Waals surface area contributed by atoms with Crippen LogP contribution in [0.1, 0.15) is 15.9 Å². The monoisotopic (exact) mass is 274 g/mol. The molecule has 1 unspecified atom stereocenters. The summed E-state index contributed by atoms with van der Waals surface area (Å²) in [6.07, 6.45) is -1.97. The third kappa shape index (κ3) is 3.65. The van der Waals surface area contributed by atoms with Gasteiger partial charge in [0.2, 0.25) is 5.78 Å². The zero-order chi connectivity index (χ0) is 14.4. The number of hydrogen-bond acceptors (Lipinski definition) is 3. The highest BCUT2D eigenvalue weighted by molar-refractivity contribution is 5.98. The van der Waals surface area contributed by atoms with Crippen LogP contribution in [0.2, 0.25) is 0 Å². The van der Waals surface area contributed by atoms with E-state index in [0.717, 1.165) is 5.56 Å². The van der Waals surface area contributed by atoms with Crippen molar-refractivity contribution in [2.24, 2.45) is 0 Å². The number of ether oxygens (including phenoxy) is 2. The smallest absolute Gasteiger partial charge is 0.263 e. The molecule has 0 aliphatic carbocycles. The second kappa shape index (κ2) is 6.82. The molecule has 4 heteroatoms. The molecule has 0 bridgehead atoms. The van der Waals surface area contributed by atoms with Crippen LogP contribution in [0, 0.1) is 0 Å². The van der Waals surface area contributed by atoms with E-state index >= 15 is 0 Å². The van der Waals surface area contributed by atoms with Gasteiger partial charge in [0.1, 0.15) is 5.75 Å². The van der Waals surface area contributed by atoms with E-state index in [-0.39, 0.29) is 12.2 Å². The van der Waals surface area contributed by atoms with E-state index in [1.165, 1.54) is 19.2 Å². The minimum absolute atomic E-state index is 0.0594. The Morgan fingerprint density at radius 3 is 2.35 bits per heavy atom. The number of halogens is 1. The van der Waals surface area contributed by atoms with Gasteiger partial charge in [0.25, 0.3) is 6.36 Å². The number of alkyl halides is 1. The Balaban J connectivity index is 1.94. The van der Waals surface area contributed by atoms with E-state index in [1.54, 1.807) is 12.1 Å². The molecule has 0 aliphatic heterocycles. The molecule has 0 saturated carbocycles. The molecule has 2 aromatic rings. The van der Waals surface area contributed by atoms with E-state index in [4.69, 9.17) is 9.47 Å². The van der Waals surface area contributed by atoms with Crippen molar-refractivity contribution in [2.75, 3.05) is 7.11 Å². The van der Waals surface area contributed by atoms with E-state index in [9.17, 15) is 9.18 Å². The lowest BCUT2D eigenvalue weighted by Crippen LogP contribution is -2.19. The molecule has 0 saturated heterocycles. The quantitative estimate of drug-likeness (QED) is 0.757. The second-order valence-electron chi connectivity index (χ2n) is 4.21. The number of Topliss-reactive ketones (excluding diaryl/α,β-unsaturated/α-hetero) is 1. The molecule has 3 nitrogen and oxygen atoms in total. The summed E-state index contributed by atoms with van der Waals surface area (Å²) in [5.74, 6) is -0.0780. The Hall–Kier alpha value is -2.20. The van der Waals surface area contributed by atoms with E-state index in [1.807, 2.05) is 30.3 Å². The first-order valence-electron chi connectivity index (χ1n) is 6.18. The van der Waals surface area contributed by atoms with E-state index in [2.05, 4.69) is 0 Å². The molecule has 0 spiro atoms. The lowest BCUT2D eigenvalue weighted by molar-refractivity contribution is -0.0294. The number of carbonyl (C=O) groups excluding carboxylic acids is 1. The van der Waals surface area contributed by atoms with Gasteiger partial charge in [-0.05, 0) is 29.8 Å². The molecular formula is C16H15FO3. The van der Waals surface area contributed by atoms with Crippen LogP contribution in [0.3, 0.4) is 0 Å². The highest BCUT2D eigenvalue weighted by Crippen LogP contribution is 2.15. The van der Waals surface area contributed by atoms with Gasteiger partial charge >= 0.3 is 0 Å². The first-order valence-corrected chi connectivity index (χ1v) is 6.18. The standard InChI is InChI=1S/C16H15FO3/c1-19-14-9-7-13(8-10-14)15(18)16(17)20-11-12-5-3-2-4-6-12/h2-10,16H,11H2,1H3.